The normalized spacial score (nSPS) is 11.0. The standard InChI is InChI=1S/C32H35Cl2N3O5/c1-40-16-6-14-37(32(39)26-11-10-24(41-2)18-30(26)42-3)21-31(38)36(20-22-9-12-27(33)28(34)17-22)15-13-23-19-35-29-8-5-4-7-25(23)29/h4-5,7-12,17-19,35H,6,13-16,20-21H2,1-3H3. The minimum absolute atomic E-state index is 0.118. The highest BCUT2D eigenvalue weighted by Gasteiger charge is 2.25. The average Bonchev–Trinajstić information content (AvgIpc) is 3.42. The molecule has 222 valence electrons. The van der Waals surface area contributed by atoms with Gasteiger partial charge in [-0.1, -0.05) is 47.5 Å². The molecule has 0 bridgehead atoms. The van der Waals surface area contributed by atoms with Gasteiger partial charge in [-0.2, -0.15) is 0 Å². The number of amides is 2. The van der Waals surface area contributed by atoms with Gasteiger partial charge in [0.2, 0.25) is 5.91 Å². The monoisotopic (exact) mass is 611 g/mol. The molecule has 1 heterocycles. The van der Waals surface area contributed by atoms with Crippen molar-refractivity contribution in [3.8, 4) is 11.5 Å². The third-order valence-electron chi connectivity index (χ3n) is 7.07. The van der Waals surface area contributed by atoms with Gasteiger partial charge in [-0.3, -0.25) is 9.59 Å². The second kappa shape index (κ2) is 15.0. The van der Waals surface area contributed by atoms with Crippen molar-refractivity contribution < 1.29 is 23.8 Å². The number of carbonyl (C=O) groups excluding carboxylic acids is 2. The maximum Gasteiger partial charge on any atom is 0.258 e. The second-order valence-electron chi connectivity index (χ2n) is 9.81. The minimum atomic E-state index is -0.315. The molecular weight excluding hydrogens is 577 g/mol. The van der Waals surface area contributed by atoms with E-state index in [1.54, 1.807) is 54.4 Å². The Morgan fingerprint density at radius 3 is 2.43 bits per heavy atom. The number of aromatic amines is 1. The fraction of sp³-hybridized carbons (Fsp3) is 0.312. The van der Waals surface area contributed by atoms with Crippen LogP contribution >= 0.6 is 23.2 Å². The first kappa shape index (κ1) is 31.2. The Morgan fingerprint density at radius 2 is 1.69 bits per heavy atom. The number of H-pyrrole nitrogens is 1. The number of halogens is 2. The zero-order chi connectivity index (χ0) is 30.1. The number of carbonyl (C=O) groups is 2. The number of para-hydroxylation sites is 1. The quantitative estimate of drug-likeness (QED) is 0.171. The van der Waals surface area contributed by atoms with E-state index in [9.17, 15) is 9.59 Å². The van der Waals surface area contributed by atoms with Crippen LogP contribution in [0.2, 0.25) is 10.0 Å². The van der Waals surface area contributed by atoms with Crippen molar-refractivity contribution >= 4 is 45.9 Å². The molecule has 0 aliphatic carbocycles. The van der Waals surface area contributed by atoms with E-state index < -0.39 is 0 Å². The lowest BCUT2D eigenvalue weighted by atomic mass is 10.1. The summed E-state index contributed by atoms with van der Waals surface area (Å²) in [5, 5.41) is 1.98. The number of nitrogens with zero attached hydrogens (tertiary/aromatic N) is 2. The van der Waals surface area contributed by atoms with E-state index in [2.05, 4.69) is 11.1 Å². The van der Waals surface area contributed by atoms with E-state index in [-0.39, 0.29) is 18.4 Å². The first-order valence-corrected chi connectivity index (χ1v) is 14.4. The zero-order valence-corrected chi connectivity index (χ0v) is 25.5. The van der Waals surface area contributed by atoms with Crippen molar-refractivity contribution in [2.75, 3.05) is 47.6 Å². The van der Waals surface area contributed by atoms with Crippen molar-refractivity contribution in [1.29, 1.82) is 0 Å². The van der Waals surface area contributed by atoms with E-state index in [4.69, 9.17) is 37.4 Å². The Kier molecular flexibility index (Phi) is 11.1. The number of nitrogens with one attached hydrogen (secondary N) is 1. The lowest BCUT2D eigenvalue weighted by Gasteiger charge is -2.28. The van der Waals surface area contributed by atoms with Gasteiger partial charge in [-0.15, -0.1) is 0 Å². The van der Waals surface area contributed by atoms with Gasteiger partial charge in [0.15, 0.2) is 0 Å². The Labute approximate surface area is 256 Å². The van der Waals surface area contributed by atoms with Crippen LogP contribution in [0.15, 0.2) is 66.9 Å². The molecule has 0 atom stereocenters. The smallest absolute Gasteiger partial charge is 0.258 e. The summed E-state index contributed by atoms with van der Waals surface area (Å²) in [6.07, 6.45) is 3.17. The SMILES string of the molecule is COCCCN(CC(=O)N(CCc1c[nH]c2ccccc12)Cc1ccc(Cl)c(Cl)c1)C(=O)c1ccc(OC)cc1OC. The van der Waals surface area contributed by atoms with Gasteiger partial charge in [-0.05, 0) is 54.3 Å². The molecule has 4 rings (SSSR count). The number of rotatable bonds is 14. The summed E-state index contributed by atoms with van der Waals surface area (Å²) in [6, 6.07) is 18.4. The maximum absolute atomic E-state index is 13.9. The van der Waals surface area contributed by atoms with E-state index in [1.165, 1.54) is 7.11 Å². The molecule has 0 aliphatic rings. The van der Waals surface area contributed by atoms with Crippen LogP contribution in [-0.4, -0.2) is 74.2 Å². The first-order valence-electron chi connectivity index (χ1n) is 13.6. The molecule has 1 aromatic heterocycles. The molecule has 0 unspecified atom stereocenters. The minimum Gasteiger partial charge on any atom is -0.497 e. The first-order chi connectivity index (χ1) is 20.3. The van der Waals surface area contributed by atoms with E-state index in [0.717, 1.165) is 22.0 Å². The number of benzene rings is 3. The van der Waals surface area contributed by atoms with Crippen LogP contribution in [0.4, 0.5) is 0 Å². The summed E-state index contributed by atoms with van der Waals surface area (Å²) in [6.45, 7) is 1.41. The molecule has 1 N–H and O–H groups in total. The highest BCUT2D eigenvalue weighted by Crippen LogP contribution is 2.27. The summed E-state index contributed by atoms with van der Waals surface area (Å²) < 4.78 is 16.0. The summed E-state index contributed by atoms with van der Waals surface area (Å²) in [4.78, 5) is 34.3. The van der Waals surface area contributed by atoms with E-state index >= 15 is 0 Å². The summed E-state index contributed by atoms with van der Waals surface area (Å²) in [7, 11) is 4.65. The largest absolute Gasteiger partial charge is 0.497 e. The predicted octanol–water partition coefficient (Wildman–Crippen LogP) is 6.24. The van der Waals surface area contributed by atoms with Crippen LogP contribution in [0.3, 0.4) is 0 Å². The Hall–Kier alpha value is -3.72. The van der Waals surface area contributed by atoms with Gasteiger partial charge in [0, 0.05) is 56.5 Å². The average molecular weight is 613 g/mol. The highest BCUT2D eigenvalue weighted by atomic mass is 35.5. The van der Waals surface area contributed by atoms with Gasteiger partial charge < -0.3 is 29.0 Å². The topological polar surface area (TPSA) is 84.1 Å². The second-order valence-corrected chi connectivity index (χ2v) is 10.6. The van der Waals surface area contributed by atoms with Gasteiger partial charge in [0.1, 0.15) is 18.0 Å². The molecule has 10 heteroatoms. The Morgan fingerprint density at radius 1 is 0.881 bits per heavy atom. The summed E-state index contributed by atoms with van der Waals surface area (Å²) >= 11 is 12.4. The zero-order valence-electron chi connectivity index (χ0n) is 24.0. The van der Waals surface area contributed by atoms with Crippen molar-refractivity contribution in [3.63, 3.8) is 0 Å². The lowest BCUT2D eigenvalue weighted by molar-refractivity contribution is -0.132. The molecule has 3 aromatic carbocycles. The van der Waals surface area contributed by atoms with Gasteiger partial charge in [-0.25, -0.2) is 0 Å². The predicted molar refractivity (Wildman–Crippen MR) is 166 cm³/mol. The van der Waals surface area contributed by atoms with Crippen molar-refractivity contribution in [2.24, 2.45) is 0 Å². The molecule has 8 nitrogen and oxygen atoms in total. The van der Waals surface area contributed by atoms with Gasteiger partial charge >= 0.3 is 0 Å². The highest BCUT2D eigenvalue weighted by molar-refractivity contribution is 6.42. The summed E-state index contributed by atoms with van der Waals surface area (Å²) in [5.74, 6) is 0.426. The molecular formula is C32H35Cl2N3O5. The van der Waals surface area contributed by atoms with Crippen LogP contribution in [0.1, 0.15) is 27.9 Å². The molecule has 0 saturated heterocycles. The van der Waals surface area contributed by atoms with Crippen LogP contribution in [-0.2, 0) is 22.5 Å². The molecule has 2 amide bonds. The van der Waals surface area contributed by atoms with Crippen molar-refractivity contribution in [3.05, 3.63) is 93.6 Å². The van der Waals surface area contributed by atoms with Crippen LogP contribution in [0.5, 0.6) is 11.5 Å². The van der Waals surface area contributed by atoms with Crippen molar-refractivity contribution in [2.45, 2.75) is 19.4 Å². The van der Waals surface area contributed by atoms with E-state index in [0.29, 0.717) is 66.2 Å². The third-order valence-corrected chi connectivity index (χ3v) is 7.80. The van der Waals surface area contributed by atoms with Crippen LogP contribution in [0, 0.1) is 0 Å². The maximum atomic E-state index is 13.9. The number of ether oxygens (including phenoxy) is 3. The molecule has 0 aliphatic heterocycles. The molecule has 0 spiro atoms. The number of fused-ring (bicyclic) bond motifs is 1. The fourth-order valence-electron chi connectivity index (χ4n) is 4.81. The van der Waals surface area contributed by atoms with Crippen LogP contribution in [0.25, 0.3) is 10.9 Å². The number of hydrogen-bond donors (Lipinski definition) is 1. The van der Waals surface area contributed by atoms with Crippen LogP contribution < -0.4 is 9.47 Å². The number of methoxy groups -OCH3 is 3. The molecule has 42 heavy (non-hydrogen) atoms. The number of aromatic nitrogens is 1. The van der Waals surface area contributed by atoms with E-state index in [1.807, 2.05) is 30.5 Å². The fourth-order valence-corrected chi connectivity index (χ4v) is 5.13. The Bertz CT molecular complexity index is 1520. The van der Waals surface area contributed by atoms with Crippen molar-refractivity contribution in [1.82, 2.24) is 14.8 Å². The van der Waals surface area contributed by atoms with Gasteiger partial charge in [0.25, 0.3) is 5.91 Å². The third kappa shape index (κ3) is 7.76. The number of hydrogen-bond acceptors (Lipinski definition) is 5. The molecule has 0 fully saturated rings. The molecule has 0 saturated carbocycles. The summed E-state index contributed by atoms with van der Waals surface area (Å²) in [5.41, 5.74) is 3.33. The van der Waals surface area contributed by atoms with Gasteiger partial charge in [0.05, 0.1) is 29.8 Å². The Balaban J connectivity index is 1.59. The molecule has 0 radical (unpaired) electrons. The molecule has 4 aromatic rings. The lowest BCUT2D eigenvalue weighted by Crippen LogP contribution is -2.44.